The first kappa shape index (κ1) is 22.3. The second kappa shape index (κ2) is 9.40. The molecule has 1 aliphatic heterocycles. The van der Waals surface area contributed by atoms with Gasteiger partial charge in [0.15, 0.2) is 0 Å². The third kappa shape index (κ3) is 4.49. The molecule has 3 aromatic heterocycles. The molecule has 0 spiro atoms. The van der Waals surface area contributed by atoms with E-state index in [1.54, 1.807) is 7.11 Å². The molecule has 178 valence electrons. The van der Waals surface area contributed by atoms with Crippen molar-refractivity contribution in [2.24, 2.45) is 0 Å². The first-order chi connectivity index (χ1) is 16.0. The monoisotopic (exact) mass is 453 g/mol. The van der Waals surface area contributed by atoms with Crippen LogP contribution >= 0.6 is 0 Å². The minimum atomic E-state index is 0.129. The number of anilines is 1. The molecule has 0 aromatic carbocycles. The van der Waals surface area contributed by atoms with Crippen molar-refractivity contribution in [3.63, 3.8) is 0 Å². The lowest BCUT2D eigenvalue weighted by atomic mass is 9.83. The molecule has 0 bridgehead atoms. The molecular weight excluding hydrogens is 418 g/mol. The molecule has 2 aliphatic rings. The largest absolute Gasteiger partial charge is 0.383 e. The number of fused-ring (bicyclic) bond motifs is 1. The van der Waals surface area contributed by atoms with Crippen molar-refractivity contribution in [2.75, 3.05) is 46.3 Å². The van der Waals surface area contributed by atoms with Gasteiger partial charge in [0, 0.05) is 48.1 Å². The van der Waals surface area contributed by atoms with E-state index in [0.717, 1.165) is 29.9 Å². The van der Waals surface area contributed by atoms with Crippen LogP contribution in [0, 0.1) is 0 Å². The lowest BCUT2D eigenvalue weighted by Gasteiger charge is -2.32. The fraction of sp³-hybridized carbons (Fsp3) is 0.625. The maximum absolute atomic E-state index is 5.34. The molecule has 0 unspecified atom stereocenters. The van der Waals surface area contributed by atoms with Gasteiger partial charge in [0.1, 0.15) is 0 Å². The predicted octanol–water partition coefficient (Wildman–Crippen LogP) is 3.20. The fourth-order valence-electron chi connectivity index (χ4n) is 5.06. The number of nitrogens with one attached hydrogen (secondary N) is 1. The normalized spacial score (nSPS) is 22.6. The highest BCUT2D eigenvalue weighted by atomic mass is 16.5. The van der Waals surface area contributed by atoms with Crippen LogP contribution in [-0.2, 0) is 9.47 Å². The van der Waals surface area contributed by atoms with Crippen molar-refractivity contribution in [3.8, 4) is 11.1 Å². The number of rotatable bonds is 8. The molecule has 1 saturated carbocycles. The van der Waals surface area contributed by atoms with Crippen molar-refractivity contribution in [3.05, 3.63) is 30.4 Å². The van der Waals surface area contributed by atoms with Gasteiger partial charge in [-0.25, -0.2) is 9.50 Å². The highest BCUT2D eigenvalue weighted by Gasteiger charge is 2.28. The van der Waals surface area contributed by atoms with E-state index in [2.05, 4.69) is 58.1 Å². The number of nitrogens with zero attached hydrogens (tertiary/aromatic N) is 6. The van der Waals surface area contributed by atoms with Gasteiger partial charge >= 0.3 is 0 Å². The second-order valence-electron chi connectivity index (χ2n) is 9.73. The van der Waals surface area contributed by atoms with Gasteiger partial charge in [-0.1, -0.05) is 0 Å². The van der Waals surface area contributed by atoms with Crippen LogP contribution in [0.1, 0.15) is 50.3 Å². The Labute approximate surface area is 195 Å². The Kier molecular flexibility index (Phi) is 6.36. The Hall–Kier alpha value is -2.49. The Balaban J connectivity index is 1.50. The molecule has 0 amide bonds. The van der Waals surface area contributed by atoms with E-state index < -0.39 is 0 Å². The summed E-state index contributed by atoms with van der Waals surface area (Å²) in [4.78, 5) is 6.98. The van der Waals surface area contributed by atoms with Gasteiger partial charge < -0.3 is 19.7 Å². The van der Waals surface area contributed by atoms with Gasteiger partial charge in [0.05, 0.1) is 43.8 Å². The molecule has 1 aliphatic carbocycles. The van der Waals surface area contributed by atoms with Crippen LogP contribution in [0.15, 0.2) is 24.7 Å². The quantitative estimate of drug-likeness (QED) is 0.561. The van der Waals surface area contributed by atoms with Crippen molar-refractivity contribution in [1.82, 2.24) is 29.3 Å². The molecule has 5 rings (SSSR count). The van der Waals surface area contributed by atoms with E-state index in [0.29, 0.717) is 30.6 Å². The summed E-state index contributed by atoms with van der Waals surface area (Å²) in [6.07, 6.45) is 10.8. The standard InChI is InChI=1S/C24H35N7O2/c1-16(13-32-4)27-24-25-11-23-21(18-10-26-30(12-18)20-14-33-15-20)9-22(31(23)28-24)17-5-7-19(8-6-17)29(2)3/h9-12,16-17,19-20H,5-8,13-15H2,1-4H3,(H,27,28)/t16-,17-,19-/m0/s1. The van der Waals surface area contributed by atoms with E-state index >= 15 is 0 Å². The number of hydrogen-bond acceptors (Lipinski definition) is 7. The lowest BCUT2D eigenvalue weighted by molar-refractivity contribution is -0.0286. The van der Waals surface area contributed by atoms with Gasteiger partial charge in [-0.15, -0.1) is 5.10 Å². The summed E-state index contributed by atoms with van der Waals surface area (Å²) in [5.41, 5.74) is 4.53. The maximum atomic E-state index is 5.34. The molecular formula is C24H35N7O2. The van der Waals surface area contributed by atoms with Crippen LogP contribution in [-0.4, -0.2) is 82.4 Å². The summed E-state index contributed by atoms with van der Waals surface area (Å²) < 4.78 is 14.7. The van der Waals surface area contributed by atoms with Crippen LogP contribution in [0.2, 0.25) is 0 Å². The molecule has 9 heteroatoms. The molecule has 1 N–H and O–H groups in total. The highest BCUT2D eigenvalue weighted by molar-refractivity contribution is 5.81. The number of hydrogen-bond donors (Lipinski definition) is 1. The van der Waals surface area contributed by atoms with Gasteiger partial charge in [-0.05, 0) is 52.8 Å². The molecule has 33 heavy (non-hydrogen) atoms. The zero-order valence-corrected chi connectivity index (χ0v) is 20.1. The van der Waals surface area contributed by atoms with E-state index in [1.807, 2.05) is 17.1 Å². The summed E-state index contributed by atoms with van der Waals surface area (Å²) >= 11 is 0. The molecule has 9 nitrogen and oxygen atoms in total. The Morgan fingerprint density at radius 3 is 2.67 bits per heavy atom. The smallest absolute Gasteiger partial charge is 0.241 e. The topological polar surface area (TPSA) is 81.7 Å². The van der Waals surface area contributed by atoms with E-state index in [9.17, 15) is 0 Å². The summed E-state index contributed by atoms with van der Waals surface area (Å²) in [6.45, 7) is 4.13. The summed E-state index contributed by atoms with van der Waals surface area (Å²) in [6, 6.07) is 3.44. The minimum absolute atomic E-state index is 0.129. The number of ether oxygens (including phenoxy) is 2. The Morgan fingerprint density at radius 2 is 2.00 bits per heavy atom. The van der Waals surface area contributed by atoms with E-state index in [4.69, 9.17) is 14.6 Å². The van der Waals surface area contributed by atoms with Gasteiger partial charge in [-0.3, -0.25) is 4.68 Å². The third-order valence-corrected chi connectivity index (χ3v) is 7.09. The Morgan fingerprint density at radius 1 is 1.21 bits per heavy atom. The van der Waals surface area contributed by atoms with E-state index in [1.165, 1.54) is 31.4 Å². The van der Waals surface area contributed by atoms with Crippen molar-refractivity contribution in [1.29, 1.82) is 0 Å². The summed E-state index contributed by atoms with van der Waals surface area (Å²) in [5.74, 6) is 1.11. The molecule has 1 saturated heterocycles. The zero-order chi connectivity index (χ0) is 22.9. The highest BCUT2D eigenvalue weighted by Crippen LogP contribution is 2.38. The SMILES string of the molecule is COC[C@H](C)Nc1ncc2c(-c3cnn(C4COC4)c3)cc([C@H]3CC[C@H](N(C)C)CC3)n2n1. The number of methoxy groups -OCH3 is 1. The third-order valence-electron chi connectivity index (χ3n) is 7.09. The van der Waals surface area contributed by atoms with Gasteiger partial charge in [-0.2, -0.15) is 5.10 Å². The van der Waals surface area contributed by atoms with Crippen LogP contribution in [0.25, 0.3) is 16.6 Å². The number of aromatic nitrogens is 5. The lowest BCUT2D eigenvalue weighted by Crippen LogP contribution is -2.31. The van der Waals surface area contributed by atoms with Crippen LogP contribution < -0.4 is 5.32 Å². The predicted molar refractivity (Wildman–Crippen MR) is 128 cm³/mol. The van der Waals surface area contributed by atoms with Crippen LogP contribution in [0.3, 0.4) is 0 Å². The minimum Gasteiger partial charge on any atom is -0.383 e. The first-order valence-electron chi connectivity index (χ1n) is 12.0. The molecule has 2 fully saturated rings. The van der Waals surface area contributed by atoms with Gasteiger partial charge in [0.25, 0.3) is 0 Å². The summed E-state index contributed by atoms with van der Waals surface area (Å²) in [7, 11) is 6.08. The fourth-order valence-corrected chi connectivity index (χ4v) is 5.06. The molecule has 0 radical (unpaired) electrons. The average Bonchev–Trinajstić information content (AvgIpc) is 3.37. The zero-order valence-electron chi connectivity index (χ0n) is 20.1. The van der Waals surface area contributed by atoms with Gasteiger partial charge in [0.2, 0.25) is 5.95 Å². The Bertz CT molecular complexity index is 1080. The van der Waals surface area contributed by atoms with Crippen molar-refractivity contribution in [2.45, 2.75) is 56.7 Å². The summed E-state index contributed by atoms with van der Waals surface area (Å²) in [5, 5.41) is 12.9. The van der Waals surface area contributed by atoms with Crippen LogP contribution in [0.5, 0.6) is 0 Å². The van der Waals surface area contributed by atoms with Crippen molar-refractivity contribution < 1.29 is 9.47 Å². The second-order valence-corrected chi connectivity index (χ2v) is 9.73. The maximum Gasteiger partial charge on any atom is 0.241 e. The molecule has 4 heterocycles. The van der Waals surface area contributed by atoms with Crippen molar-refractivity contribution >= 4 is 11.5 Å². The average molecular weight is 454 g/mol. The van der Waals surface area contributed by atoms with E-state index in [-0.39, 0.29) is 6.04 Å². The van der Waals surface area contributed by atoms with Crippen LogP contribution in [0.4, 0.5) is 5.95 Å². The first-order valence-corrected chi connectivity index (χ1v) is 12.0. The molecule has 1 atom stereocenters. The molecule has 3 aromatic rings.